The number of benzene rings is 2. The molecule has 2 heterocycles. The Bertz CT molecular complexity index is 960. The van der Waals surface area contributed by atoms with E-state index in [1.807, 2.05) is 54.3 Å². The number of hydrogen-bond donors (Lipinski definition) is 0. The van der Waals surface area contributed by atoms with Crippen LogP contribution in [0.4, 0.5) is 5.82 Å². The Morgan fingerprint density at radius 1 is 0.963 bits per heavy atom. The highest BCUT2D eigenvalue weighted by molar-refractivity contribution is 5.94. The highest BCUT2D eigenvalue weighted by Crippen LogP contribution is 2.25. The fourth-order valence-corrected chi connectivity index (χ4v) is 3.51. The maximum Gasteiger partial charge on any atom is 0.253 e. The van der Waals surface area contributed by atoms with Crippen molar-refractivity contribution in [2.45, 2.75) is 20.3 Å². The molecule has 1 aliphatic heterocycles. The quantitative estimate of drug-likeness (QED) is 0.718. The molecule has 0 saturated carbocycles. The zero-order chi connectivity index (χ0) is 18.8. The molecule has 1 aromatic heterocycles. The van der Waals surface area contributed by atoms with E-state index in [9.17, 15) is 4.79 Å². The summed E-state index contributed by atoms with van der Waals surface area (Å²) in [5.41, 5.74) is 2.91. The van der Waals surface area contributed by atoms with E-state index in [-0.39, 0.29) is 5.91 Å². The van der Waals surface area contributed by atoms with Gasteiger partial charge in [0.05, 0.1) is 5.52 Å². The SMILES string of the molecule is CCc1nc(N2CCN(C(=O)c3ccc(C)cc3)CC2)c2ccccc2n1. The molecule has 0 atom stereocenters. The summed E-state index contributed by atoms with van der Waals surface area (Å²) in [6, 6.07) is 16.0. The van der Waals surface area contributed by atoms with Crippen LogP contribution in [0.5, 0.6) is 0 Å². The predicted octanol–water partition coefficient (Wildman–Crippen LogP) is 3.46. The van der Waals surface area contributed by atoms with E-state index < -0.39 is 0 Å². The summed E-state index contributed by atoms with van der Waals surface area (Å²) >= 11 is 0. The van der Waals surface area contributed by atoms with E-state index in [0.717, 1.165) is 47.6 Å². The third-order valence-electron chi connectivity index (χ3n) is 5.11. The van der Waals surface area contributed by atoms with Gasteiger partial charge in [-0.15, -0.1) is 0 Å². The molecule has 1 aliphatic rings. The predicted molar refractivity (Wildman–Crippen MR) is 108 cm³/mol. The minimum absolute atomic E-state index is 0.108. The van der Waals surface area contributed by atoms with Crippen molar-refractivity contribution in [2.24, 2.45) is 0 Å². The molecule has 1 fully saturated rings. The number of rotatable bonds is 3. The van der Waals surface area contributed by atoms with E-state index in [1.54, 1.807) is 0 Å². The summed E-state index contributed by atoms with van der Waals surface area (Å²) in [5, 5.41) is 1.08. The molecule has 0 aliphatic carbocycles. The van der Waals surface area contributed by atoms with Gasteiger partial charge in [0.15, 0.2) is 0 Å². The molecule has 4 rings (SSSR count). The molecule has 0 bridgehead atoms. The van der Waals surface area contributed by atoms with Gasteiger partial charge in [-0.2, -0.15) is 0 Å². The van der Waals surface area contributed by atoms with E-state index in [1.165, 1.54) is 5.56 Å². The molecule has 138 valence electrons. The summed E-state index contributed by atoms with van der Waals surface area (Å²) in [6.45, 7) is 7.07. The summed E-state index contributed by atoms with van der Waals surface area (Å²) in [5.74, 6) is 1.96. The van der Waals surface area contributed by atoms with E-state index in [0.29, 0.717) is 13.1 Å². The molecule has 2 aromatic carbocycles. The second-order valence-electron chi connectivity index (χ2n) is 6.98. The first kappa shape index (κ1) is 17.5. The van der Waals surface area contributed by atoms with Crippen LogP contribution in [-0.4, -0.2) is 47.0 Å². The number of aromatic nitrogens is 2. The number of nitrogens with zero attached hydrogens (tertiary/aromatic N) is 4. The number of aryl methyl sites for hydroxylation is 2. The second-order valence-corrected chi connectivity index (χ2v) is 6.98. The lowest BCUT2D eigenvalue weighted by Gasteiger charge is -2.36. The minimum atomic E-state index is 0.108. The molecule has 5 heteroatoms. The normalized spacial score (nSPS) is 14.6. The Morgan fingerprint density at radius 2 is 1.67 bits per heavy atom. The number of amides is 1. The lowest BCUT2D eigenvalue weighted by Crippen LogP contribution is -2.49. The van der Waals surface area contributed by atoms with E-state index in [2.05, 4.69) is 22.9 Å². The Morgan fingerprint density at radius 3 is 2.37 bits per heavy atom. The number of anilines is 1. The van der Waals surface area contributed by atoms with Crippen LogP contribution in [0.3, 0.4) is 0 Å². The lowest BCUT2D eigenvalue weighted by atomic mass is 10.1. The van der Waals surface area contributed by atoms with Crippen molar-refractivity contribution >= 4 is 22.6 Å². The molecule has 1 amide bonds. The number of carbonyl (C=O) groups excluding carboxylic acids is 1. The molecule has 1 saturated heterocycles. The average molecular weight is 360 g/mol. The van der Waals surface area contributed by atoms with Crippen molar-refractivity contribution in [1.82, 2.24) is 14.9 Å². The van der Waals surface area contributed by atoms with Gasteiger partial charge in [-0.1, -0.05) is 36.8 Å². The zero-order valence-electron chi connectivity index (χ0n) is 15.9. The maximum absolute atomic E-state index is 12.7. The van der Waals surface area contributed by atoms with Crippen molar-refractivity contribution in [3.05, 3.63) is 65.5 Å². The lowest BCUT2D eigenvalue weighted by molar-refractivity contribution is 0.0746. The van der Waals surface area contributed by atoms with Gasteiger partial charge in [-0.3, -0.25) is 4.79 Å². The van der Waals surface area contributed by atoms with Gasteiger partial charge in [-0.05, 0) is 31.2 Å². The Hall–Kier alpha value is -2.95. The van der Waals surface area contributed by atoms with Crippen molar-refractivity contribution in [3.63, 3.8) is 0 Å². The van der Waals surface area contributed by atoms with Crippen LogP contribution in [0.2, 0.25) is 0 Å². The number of fused-ring (bicyclic) bond motifs is 1. The third kappa shape index (κ3) is 3.50. The molecular formula is C22H24N4O. The molecule has 0 unspecified atom stereocenters. The standard InChI is InChI=1S/C22H24N4O/c1-3-20-23-19-7-5-4-6-18(19)21(24-20)25-12-14-26(15-13-25)22(27)17-10-8-16(2)9-11-17/h4-11H,3,12-15H2,1-2H3. The van der Waals surface area contributed by atoms with Crippen LogP contribution in [0, 0.1) is 6.92 Å². The number of hydrogen-bond acceptors (Lipinski definition) is 4. The van der Waals surface area contributed by atoms with Crippen LogP contribution in [0.25, 0.3) is 10.9 Å². The smallest absolute Gasteiger partial charge is 0.253 e. The van der Waals surface area contributed by atoms with Crippen LogP contribution < -0.4 is 4.90 Å². The first-order valence-corrected chi connectivity index (χ1v) is 9.52. The number of piperazine rings is 1. The third-order valence-corrected chi connectivity index (χ3v) is 5.11. The van der Waals surface area contributed by atoms with Crippen LogP contribution in [0.1, 0.15) is 28.7 Å². The molecule has 27 heavy (non-hydrogen) atoms. The zero-order valence-corrected chi connectivity index (χ0v) is 15.9. The van der Waals surface area contributed by atoms with Crippen molar-refractivity contribution in [2.75, 3.05) is 31.1 Å². The second kappa shape index (κ2) is 7.35. The van der Waals surface area contributed by atoms with Gasteiger partial charge in [0.25, 0.3) is 5.91 Å². The van der Waals surface area contributed by atoms with Gasteiger partial charge in [0.2, 0.25) is 0 Å². The average Bonchev–Trinajstić information content (AvgIpc) is 2.73. The Kier molecular flexibility index (Phi) is 4.75. The molecule has 0 spiro atoms. The van der Waals surface area contributed by atoms with E-state index >= 15 is 0 Å². The number of para-hydroxylation sites is 1. The maximum atomic E-state index is 12.7. The van der Waals surface area contributed by atoms with Crippen molar-refractivity contribution < 1.29 is 4.79 Å². The minimum Gasteiger partial charge on any atom is -0.352 e. The fourth-order valence-electron chi connectivity index (χ4n) is 3.51. The van der Waals surface area contributed by atoms with Gasteiger partial charge in [0, 0.05) is 43.5 Å². The van der Waals surface area contributed by atoms with Crippen molar-refractivity contribution in [1.29, 1.82) is 0 Å². The summed E-state index contributed by atoms with van der Waals surface area (Å²) in [4.78, 5) is 26.4. The molecule has 0 N–H and O–H groups in total. The summed E-state index contributed by atoms with van der Waals surface area (Å²) < 4.78 is 0. The Labute approximate surface area is 159 Å². The Balaban J connectivity index is 1.53. The van der Waals surface area contributed by atoms with Crippen LogP contribution in [0.15, 0.2) is 48.5 Å². The van der Waals surface area contributed by atoms with Gasteiger partial charge in [-0.25, -0.2) is 9.97 Å². The molecule has 5 nitrogen and oxygen atoms in total. The van der Waals surface area contributed by atoms with E-state index in [4.69, 9.17) is 4.98 Å². The largest absolute Gasteiger partial charge is 0.352 e. The van der Waals surface area contributed by atoms with Gasteiger partial charge >= 0.3 is 0 Å². The highest BCUT2D eigenvalue weighted by Gasteiger charge is 2.24. The topological polar surface area (TPSA) is 49.3 Å². The van der Waals surface area contributed by atoms with Crippen molar-refractivity contribution in [3.8, 4) is 0 Å². The van der Waals surface area contributed by atoms with Crippen LogP contribution >= 0.6 is 0 Å². The highest BCUT2D eigenvalue weighted by atomic mass is 16.2. The van der Waals surface area contributed by atoms with Gasteiger partial charge < -0.3 is 9.80 Å². The molecule has 0 radical (unpaired) electrons. The first-order valence-electron chi connectivity index (χ1n) is 9.52. The monoisotopic (exact) mass is 360 g/mol. The van der Waals surface area contributed by atoms with Crippen LogP contribution in [-0.2, 0) is 6.42 Å². The van der Waals surface area contributed by atoms with Gasteiger partial charge in [0.1, 0.15) is 11.6 Å². The molecular weight excluding hydrogens is 336 g/mol. The summed E-state index contributed by atoms with van der Waals surface area (Å²) in [6.07, 6.45) is 0.809. The first-order chi connectivity index (χ1) is 13.2. The summed E-state index contributed by atoms with van der Waals surface area (Å²) in [7, 11) is 0. The molecule has 3 aromatic rings. The fraction of sp³-hybridized carbons (Fsp3) is 0.318. The number of carbonyl (C=O) groups is 1.